The van der Waals surface area contributed by atoms with Crippen LogP contribution in [-0.2, 0) is 10.8 Å². The maximum absolute atomic E-state index is 12.2. The Hall–Kier alpha value is -1.01. The summed E-state index contributed by atoms with van der Waals surface area (Å²) in [7, 11) is -0.902. The first-order valence-electron chi connectivity index (χ1n) is 6.21. The van der Waals surface area contributed by atoms with Gasteiger partial charge >= 0.3 is 6.61 Å². The molecule has 1 aromatic carbocycles. The predicted molar refractivity (Wildman–Crippen MR) is 70.9 cm³/mol. The summed E-state index contributed by atoms with van der Waals surface area (Å²) in [5.41, 5.74) is 0.834. The van der Waals surface area contributed by atoms with Crippen LogP contribution in [0.2, 0.25) is 0 Å². The van der Waals surface area contributed by atoms with Crippen molar-refractivity contribution in [3.63, 3.8) is 0 Å². The van der Waals surface area contributed by atoms with Gasteiger partial charge < -0.3 is 10.1 Å². The fourth-order valence-corrected chi connectivity index (χ4v) is 3.45. The molecule has 1 heterocycles. The molecule has 0 aromatic heterocycles. The molecular weight excluding hydrogens is 272 g/mol. The topological polar surface area (TPSA) is 38.3 Å². The van der Waals surface area contributed by atoms with Gasteiger partial charge in [-0.1, -0.05) is 19.1 Å². The van der Waals surface area contributed by atoms with Crippen molar-refractivity contribution in [2.75, 3.05) is 12.3 Å². The average molecular weight is 289 g/mol. The third-order valence-electron chi connectivity index (χ3n) is 3.21. The Morgan fingerprint density at radius 2 is 2.26 bits per heavy atom. The molecule has 19 heavy (non-hydrogen) atoms. The molecule has 0 bridgehead atoms. The smallest absolute Gasteiger partial charge is 0.387 e. The zero-order valence-electron chi connectivity index (χ0n) is 10.6. The van der Waals surface area contributed by atoms with E-state index in [9.17, 15) is 13.0 Å². The van der Waals surface area contributed by atoms with E-state index >= 15 is 0 Å². The van der Waals surface area contributed by atoms with Crippen LogP contribution >= 0.6 is 0 Å². The highest BCUT2D eigenvalue weighted by atomic mass is 32.2. The molecule has 0 amide bonds. The highest BCUT2D eigenvalue weighted by Crippen LogP contribution is 2.24. The van der Waals surface area contributed by atoms with Gasteiger partial charge in [-0.3, -0.25) is 4.21 Å². The molecule has 1 aromatic rings. The van der Waals surface area contributed by atoms with Gasteiger partial charge in [-0.05, 0) is 30.7 Å². The van der Waals surface area contributed by atoms with Crippen molar-refractivity contribution in [1.82, 2.24) is 5.32 Å². The van der Waals surface area contributed by atoms with Crippen LogP contribution in [0.4, 0.5) is 8.78 Å². The van der Waals surface area contributed by atoms with Gasteiger partial charge in [-0.2, -0.15) is 8.78 Å². The van der Waals surface area contributed by atoms with Gasteiger partial charge in [0.15, 0.2) is 0 Å². The van der Waals surface area contributed by atoms with Gasteiger partial charge in [0.2, 0.25) is 0 Å². The Bertz CT molecular complexity index is 456. The third-order valence-corrected chi connectivity index (χ3v) is 5.00. The molecule has 2 rings (SSSR count). The molecule has 1 N–H and O–H groups in total. The van der Waals surface area contributed by atoms with Gasteiger partial charge in [0.25, 0.3) is 0 Å². The van der Waals surface area contributed by atoms with Crippen molar-refractivity contribution in [2.45, 2.75) is 31.2 Å². The van der Waals surface area contributed by atoms with Crippen LogP contribution in [0.5, 0.6) is 5.75 Å². The predicted octanol–water partition coefficient (Wildman–Crippen LogP) is 2.46. The van der Waals surface area contributed by atoms with Crippen molar-refractivity contribution in [2.24, 2.45) is 0 Å². The fourth-order valence-electron chi connectivity index (χ4n) is 2.10. The molecule has 3 atom stereocenters. The Balaban J connectivity index is 2.14. The summed E-state index contributed by atoms with van der Waals surface area (Å²) in [6.45, 7) is -0.0833. The lowest BCUT2D eigenvalue weighted by Gasteiger charge is -2.16. The van der Waals surface area contributed by atoms with E-state index in [4.69, 9.17) is 0 Å². The van der Waals surface area contributed by atoms with E-state index in [1.165, 1.54) is 6.07 Å². The molecule has 3 unspecified atom stereocenters. The second-order valence-corrected chi connectivity index (χ2v) is 6.50. The molecule has 1 aliphatic rings. The van der Waals surface area contributed by atoms with E-state index in [-0.39, 0.29) is 17.0 Å². The number of alkyl halides is 2. The quantitative estimate of drug-likeness (QED) is 0.929. The van der Waals surface area contributed by atoms with E-state index in [1.807, 2.05) is 13.0 Å². The zero-order valence-corrected chi connectivity index (χ0v) is 11.5. The van der Waals surface area contributed by atoms with E-state index < -0.39 is 17.4 Å². The summed E-state index contributed by atoms with van der Waals surface area (Å²) in [6.07, 6.45) is 0.857. The van der Waals surface area contributed by atoms with Gasteiger partial charge in [0.05, 0.1) is 0 Å². The Morgan fingerprint density at radius 3 is 3.00 bits per heavy atom. The van der Waals surface area contributed by atoms with E-state index in [1.54, 1.807) is 12.1 Å². The lowest BCUT2D eigenvalue weighted by atomic mass is 10.1. The monoisotopic (exact) mass is 289 g/mol. The molecule has 3 nitrogen and oxygen atoms in total. The Morgan fingerprint density at radius 1 is 1.47 bits per heavy atom. The number of hydrogen-bond donors (Lipinski definition) is 1. The number of halogens is 2. The van der Waals surface area contributed by atoms with Crippen LogP contribution < -0.4 is 10.1 Å². The normalized spacial score (nSPS) is 28.1. The van der Waals surface area contributed by atoms with Crippen molar-refractivity contribution >= 4 is 10.8 Å². The fraction of sp³-hybridized carbons (Fsp3) is 0.538. The highest BCUT2D eigenvalue weighted by molar-refractivity contribution is 7.85. The summed E-state index contributed by atoms with van der Waals surface area (Å²) < 4.78 is 40.7. The standard InChI is InChI=1S/C13H17F2NO2S/c1-9-5-6-16-12(8-19(9)17)10-3-2-4-11(7-10)18-13(14)15/h2-4,7,9,12-13,16H,5-6,8H2,1H3. The first-order chi connectivity index (χ1) is 9.06. The first-order valence-corrected chi connectivity index (χ1v) is 7.60. The molecule has 0 aliphatic carbocycles. The average Bonchev–Trinajstić information content (AvgIpc) is 2.52. The van der Waals surface area contributed by atoms with Crippen molar-refractivity contribution in [3.8, 4) is 5.75 Å². The summed E-state index contributed by atoms with van der Waals surface area (Å²) in [5.74, 6) is 0.636. The van der Waals surface area contributed by atoms with E-state index in [0.717, 1.165) is 18.5 Å². The minimum Gasteiger partial charge on any atom is -0.435 e. The maximum Gasteiger partial charge on any atom is 0.387 e. The maximum atomic E-state index is 12.2. The van der Waals surface area contributed by atoms with Crippen LogP contribution in [0.1, 0.15) is 24.9 Å². The molecule has 1 aliphatic heterocycles. The van der Waals surface area contributed by atoms with Crippen LogP contribution in [0, 0.1) is 0 Å². The number of nitrogens with one attached hydrogen (secondary N) is 1. The van der Waals surface area contributed by atoms with E-state index in [2.05, 4.69) is 10.1 Å². The van der Waals surface area contributed by atoms with Crippen LogP contribution in [0.25, 0.3) is 0 Å². The van der Waals surface area contributed by atoms with Crippen LogP contribution in [0.3, 0.4) is 0 Å². The molecule has 106 valence electrons. The summed E-state index contributed by atoms with van der Waals surface area (Å²) in [4.78, 5) is 0. The summed E-state index contributed by atoms with van der Waals surface area (Å²) in [6, 6.07) is 6.50. The number of rotatable bonds is 3. The molecule has 1 saturated heterocycles. The molecule has 6 heteroatoms. The Kier molecular flexibility index (Phi) is 4.87. The number of hydrogen-bond acceptors (Lipinski definition) is 3. The highest BCUT2D eigenvalue weighted by Gasteiger charge is 2.23. The first kappa shape index (κ1) is 14.4. The van der Waals surface area contributed by atoms with Gasteiger partial charge in [-0.15, -0.1) is 0 Å². The molecule has 0 saturated carbocycles. The second-order valence-electron chi connectivity index (χ2n) is 4.60. The second kappa shape index (κ2) is 6.43. The molecule has 0 radical (unpaired) electrons. The van der Waals surface area contributed by atoms with Crippen LogP contribution in [-0.4, -0.2) is 28.4 Å². The van der Waals surface area contributed by atoms with Crippen LogP contribution in [0.15, 0.2) is 24.3 Å². The number of benzene rings is 1. The van der Waals surface area contributed by atoms with Gasteiger partial charge in [0, 0.05) is 27.8 Å². The third kappa shape index (κ3) is 3.98. The largest absolute Gasteiger partial charge is 0.435 e. The minimum absolute atomic E-state index is 0.0768. The van der Waals surface area contributed by atoms with Crippen molar-refractivity contribution in [3.05, 3.63) is 29.8 Å². The lowest BCUT2D eigenvalue weighted by molar-refractivity contribution is -0.0499. The summed E-state index contributed by atoms with van der Waals surface area (Å²) >= 11 is 0. The Labute approximate surface area is 113 Å². The molecular formula is C13H17F2NO2S. The molecule has 1 fully saturated rings. The zero-order chi connectivity index (χ0) is 13.8. The van der Waals surface area contributed by atoms with Crippen molar-refractivity contribution < 1.29 is 17.7 Å². The summed E-state index contributed by atoms with van der Waals surface area (Å²) in [5, 5.41) is 3.47. The number of ether oxygens (including phenoxy) is 1. The van der Waals surface area contributed by atoms with Gasteiger partial charge in [-0.25, -0.2) is 0 Å². The molecule has 0 spiro atoms. The minimum atomic E-state index is -2.83. The lowest BCUT2D eigenvalue weighted by Crippen LogP contribution is -2.24. The SMILES string of the molecule is CC1CCNC(c2cccc(OC(F)F)c2)CS1=O. The van der Waals surface area contributed by atoms with Gasteiger partial charge in [0.1, 0.15) is 5.75 Å². The van der Waals surface area contributed by atoms with Crippen molar-refractivity contribution in [1.29, 1.82) is 0 Å². The van der Waals surface area contributed by atoms with E-state index in [0.29, 0.717) is 5.75 Å².